The summed E-state index contributed by atoms with van der Waals surface area (Å²) in [5, 5.41) is 0. The van der Waals surface area contributed by atoms with Crippen molar-refractivity contribution in [2.75, 3.05) is 26.2 Å². The molecule has 0 aromatic heterocycles. The highest BCUT2D eigenvalue weighted by Crippen LogP contribution is 2.24. The van der Waals surface area contributed by atoms with Crippen molar-refractivity contribution in [3.05, 3.63) is 0 Å². The van der Waals surface area contributed by atoms with Gasteiger partial charge in [-0.3, -0.25) is 0 Å². The third-order valence-electron chi connectivity index (χ3n) is 10.2. The fourth-order valence-electron chi connectivity index (χ4n) is 7.15. The SMILES string of the molecule is CCCCCCCCCCCCCCCCCC[N+]1(CCCCCCCCCCCCCCCCCC)CCC1. The second-order valence-corrected chi connectivity index (χ2v) is 14.2. The first-order valence-electron chi connectivity index (χ1n) is 19.7. The lowest BCUT2D eigenvalue weighted by atomic mass is 10.0. The summed E-state index contributed by atoms with van der Waals surface area (Å²) in [6, 6.07) is 0. The smallest absolute Gasteiger partial charge is 0.0841 e. The van der Waals surface area contributed by atoms with E-state index in [-0.39, 0.29) is 0 Å². The summed E-state index contributed by atoms with van der Waals surface area (Å²) in [6.07, 6.45) is 48.9. The molecule has 1 heterocycles. The number of likely N-dealkylation sites (tertiary alicyclic amines) is 1. The van der Waals surface area contributed by atoms with Crippen molar-refractivity contribution in [3.8, 4) is 0 Å². The Balaban J connectivity index is 1.78. The molecule has 240 valence electrons. The van der Waals surface area contributed by atoms with Crippen LogP contribution in [0, 0.1) is 0 Å². The van der Waals surface area contributed by atoms with Gasteiger partial charge in [-0.2, -0.15) is 0 Å². The fraction of sp³-hybridized carbons (Fsp3) is 1.00. The summed E-state index contributed by atoms with van der Waals surface area (Å²) in [7, 11) is 0. The maximum atomic E-state index is 2.31. The molecule has 1 heteroatoms. The molecule has 1 nitrogen and oxygen atoms in total. The molecular weight excluding hydrogens is 482 g/mol. The number of hydrogen-bond acceptors (Lipinski definition) is 0. The van der Waals surface area contributed by atoms with E-state index in [0.29, 0.717) is 0 Å². The van der Waals surface area contributed by atoms with Crippen LogP contribution in [0.5, 0.6) is 0 Å². The summed E-state index contributed by atoms with van der Waals surface area (Å²) in [4.78, 5) is 0. The Morgan fingerprint density at radius 1 is 0.275 bits per heavy atom. The third-order valence-corrected chi connectivity index (χ3v) is 10.2. The predicted molar refractivity (Wildman–Crippen MR) is 183 cm³/mol. The van der Waals surface area contributed by atoms with E-state index in [4.69, 9.17) is 0 Å². The van der Waals surface area contributed by atoms with Crippen molar-refractivity contribution < 1.29 is 4.48 Å². The van der Waals surface area contributed by atoms with E-state index in [1.54, 1.807) is 0 Å². The number of hydrogen-bond donors (Lipinski definition) is 0. The summed E-state index contributed by atoms with van der Waals surface area (Å²) < 4.78 is 1.50. The Hall–Kier alpha value is -0.0400. The summed E-state index contributed by atoms with van der Waals surface area (Å²) in [5.74, 6) is 0. The van der Waals surface area contributed by atoms with Crippen LogP contribution in [0.25, 0.3) is 0 Å². The minimum atomic E-state index is 1.37. The molecule has 40 heavy (non-hydrogen) atoms. The number of quaternary nitrogens is 1. The molecule has 0 radical (unpaired) electrons. The molecule has 0 unspecified atom stereocenters. The van der Waals surface area contributed by atoms with E-state index in [1.165, 1.54) is 243 Å². The first-order valence-corrected chi connectivity index (χ1v) is 19.7. The molecular formula is C39H80N+. The minimum absolute atomic E-state index is 1.37. The Kier molecular flexibility index (Phi) is 28.9. The van der Waals surface area contributed by atoms with E-state index in [2.05, 4.69) is 13.8 Å². The third kappa shape index (κ3) is 24.5. The highest BCUT2D eigenvalue weighted by atomic mass is 15.4. The van der Waals surface area contributed by atoms with Crippen LogP contribution in [0.3, 0.4) is 0 Å². The lowest BCUT2D eigenvalue weighted by Crippen LogP contribution is -2.58. The van der Waals surface area contributed by atoms with Crippen LogP contribution in [-0.4, -0.2) is 30.7 Å². The van der Waals surface area contributed by atoms with Crippen LogP contribution < -0.4 is 0 Å². The monoisotopic (exact) mass is 563 g/mol. The van der Waals surface area contributed by atoms with Gasteiger partial charge in [-0.05, 0) is 25.7 Å². The Bertz CT molecular complexity index is 429. The van der Waals surface area contributed by atoms with E-state index >= 15 is 0 Å². The average molecular weight is 563 g/mol. The zero-order chi connectivity index (χ0) is 28.7. The molecule has 1 aliphatic heterocycles. The molecule has 0 aliphatic carbocycles. The van der Waals surface area contributed by atoms with Crippen LogP contribution in [-0.2, 0) is 0 Å². The maximum Gasteiger partial charge on any atom is 0.0841 e. The summed E-state index contributed by atoms with van der Waals surface area (Å²) in [5.41, 5.74) is 0. The first-order chi connectivity index (χ1) is 19.8. The normalized spacial score (nSPS) is 14.6. The lowest BCUT2D eigenvalue weighted by molar-refractivity contribution is -0.964. The van der Waals surface area contributed by atoms with Crippen LogP contribution >= 0.6 is 0 Å². The molecule has 1 aliphatic rings. The fourth-order valence-corrected chi connectivity index (χ4v) is 7.15. The molecule has 0 aromatic carbocycles. The predicted octanol–water partition coefficient (Wildman–Crippen LogP) is 13.7. The van der Waals surface area contributed by atoms with Crippen LogP contribution in [0.4, 0.5) is 0 Å². The molecule has 0 atom stereocenters. The molecule has 0 bridgehead atoms. The van der Waals surface area contributed by atoms with Crippen molar-refractivity contribution in [1.29, 1.82) is 0 Å². The van der Waals surface area contributed by atoms with Gasteiger partial charge in [0.05, 0.1) is 26.2 Å². The largest absolute Gasteiger partial charge is 0.323 e. The highest BCUT2D eigenvalue weighted by Gasteiger charge is 2.33. The van der Waals surface area contributed by atoms with Crippen molar-refractivity contribution >= 4 is 0 Å². The van der Waals surface area contributed by atoms with Gasteiger partial charge in [0.25, 0.3) is 0 Å². The van der Waals surface area contributed by atoms with Crippen molar-refractivity contribution in [2.24, 2.45) is 0 Å². The zero-order valence-electron chi connectivity index (χ0n) is 28.6. The molecule has 0 N–H and O–H groups in total. The number of unbranched alkanes of at least 4 members (excludes halogenated alkanes) is 30. The van der Waals surface area contributed by atoms with Gasteiger partial charge in [0, 0.05) is 6.42 Å². The van der Waals surface area contributed by atoms with Crippen molar-refractivity contribution in [3.63, 3.8) is 0 Å². The van der Waals surface area contributed by atoms with Crippen molar-refractivity contribution in [2.45, 2.75) is 226 Å². The average Bonchev–Trinajstić information content (AvgIpc) is 2.94. The van der Waals surface area contributed by atoms with E-state index in [0.717, 1.165) is 0 Å². The van der Waals surface area contributed by atoms with Crippen LogP contribution in [0.1, 0.15) is 226 Å². The molecule has 0 amide bonds. The summed E-state index contributed by atoms with van der Waals surface area (Å²) in [6.45, 7) is 10.6. The van der Waals surface area contributed by atoms with Gasteiger partial charge >= 0.3 is 0 Å². The standard InChI is InChI=1S/C39H80N/c1-3-5-7-9-11-13-15-17-19-21-23-25-27-29-31-33-36-40(38-35-39-40)37-34-32-30-28-26-24-22-20-18-16-14-12-10-8-6-4-2/h3-39H2,1-2H3/q+1. The van der Waals surface area contributed by atoms with Crippen LogP contribution in [0.15, 0.2) is 0 Å². The van der Waals surface area contributed by atoms with Gasteiger partial charge < -0.3 is 4.48 Å². The first kappa shape index (κ1) is 38.0. The number of rotatable bonds is 34. The van der Waals surface area contributed by atoms with E-state index < -0.39 is 0 Å². The van der Waals surface area contributed by atoms with Gasteiger partial charge in [0.2, 0.25) is 0 Å². The second-order valence-electron chi connectivity index (χ2n) is 14.2. The second kappa shape index (κ2) is 30.4. The molecule has 0 aromatic rings. The van der Waals surface area contributed by atoms with Gasteiger partial charge in [-0.25, -0.2) is 0 Å². The Morgan fingerprint density at radius 3 is 0.650 bits per heavy atom. The number of nitrogens with zero attached hydrogens (tertiary/aromatic N) is 1. The quantitative estimate of drug-likeness (QED) is 0.0540. The highest BCUT2D eigenvalue weighted by molar-refractivity contribution is 4.58. The Labute approximate surface area is 256 Å². The minimum Gasteiger partial charge on any atom is -0.323 e. The lowest BCUT2D eigenvalue weighted by Gasteiger charge is -2.46. The molecule has 0 saturated carbocycles. The molecule has 1 rings (SSSR count). The van der Waals surface area contributed by atoms with Gasteiger partial charge in [0.1, 0.15) is 0 Å². The van der Waals surface area contributed by atoms with Gasteiger partial charge in [-0.1, -0.05) is 194 Å². The Morgan fingerprint density at radius 2 is 0.475 bits per heavy atom. The van der Waals surface area contributed by atoms with E-state index in [9.17, 15) is 0 Å². The summed E-state index contributed by atoms with van der Waals surface area (Å²) >= 11 is 0. The molecule has 1 saturated heterocycles. The topological polar surface area (TPSA) is 0 Å². The van der Waals surface area contributed by atoms with Crippen LogP contribution in [0.2, 0.25) is 0 Å². The van der Waals surface area contributed by atoms with Crippen molar-refractivity contribution in [1.82, 2.24) is 0 Å². The van der Waals surface area contributed by atoms with E-state index in [1.807, 2.05) is 0 Å². The molecule has 0 spiro atoms. The molecule has 1 fully saturated rings. The van der Waals surface area contributed by atoms with Gasteiger partial charge in [0.15, 0.2) is 0 Å². The maximum absolute atomic E-state index is 2.31. The van der Waals surface area contributed by atoms with Gasteiger partial charge in [-0.15, -0.1) is 0 Å². The zero-order valence-corrected chi connectivity index (χ0v) is 28.6.